The summed E-state index contributed by atoms with van der Waals surface area (Å²) in [6.07, 6.45) is 2.50. The summed E-state index contributed by atoms with van der Waals surface area (Å²) in [4.78, 5) is 17.9. The summed E-state index contributed by atoms with van der Waals surface area (Å²) < 4.78 is 18.6. The standard InChI is InChI=1S/C18H27FN4O2/c1-2-20-18(21-9-5-12-23-11-4-8-17(23)24)22-10-13-25-16-7-3-6-15(19)14-16/h3,6-7,14H,2,4-5,8-13H2,1H3,(H2,20,21,22). The number of nitrogens with zero attached hydrogens (tertiary/aromatic N) is 2. The van der Waals surface area contributed by atoms with Crippen LogP contribution in [0.5, 0.6) is 5.75 Å². The number of benzene rings is 1. The lowest BCUT2D eigenvalue weighted by Gasteiger charge is -2.15. The molecule has 1 amide bonds. The minimum Gasteiger partial charge on any atom is -0.492 e. The van der Waals surface area contributed by atoms with E-state index in [4.69, 9.17) is 4.74 Å². The third-order valence-corrected chi connectivity index (χ3v) is 3.83. The van der Waals surface area contributed by atoms with Crippen molar-refractivity contribution in [3.8, 4) is 5.75 Å². The summed E-state index contributed by atoms with van der Waals surface area (Å²) in [5.74, 6) is 1.18. The lowest BCUT2D eigenvalue weighted by atomic mass is 10.3. The van der Waals surface area contributed by atoms with Crippen molar-refractivity contribution in [2.24, 2.45) is 4.99 Å². The van der Waals surface area contributed by atoms with Gasteiger partial charge in [-0.15, -0.1) is 0 Å². The van der Waals surface area contributed by atoms with Gasteiger partial charge in [0.1, 0.15) is 18.2 Å². The van der Waals surface area contributed by atoms with Crippen LogP contribution in [0, 0.1) is 5.82 Å². The van der Waals surface area contributed by atoms with Crippen LogP contribution in [-0.2, 0) is 4.79 Å². The molecule has 0 spiro atoms. The zero-order valence-corrected chi connectivity index (χ0v) is 14.8. The number of hydrogen-bond donors (Lipinski definition) is 2. The molecule has 1 heterocycles. The van der Waals surface area contributed by atoms with Crippen molar-refractivity contribution in [2.45, 2.75) is 26.2 Å². The van der Waals surface area contributed by atoms with Gasteiger partial charge in [-0.25, -0.2) is 4.39 Å². The van der Waals surface area contributed by atoms with E-state index in [9.17, 15) is 9.18 Å². The Bertz CT molecular complexity index is 580. The maximum absolute atomic E-state index is 13.1. The Kier molecular flexibility index (Phi) is 8.01. The van der Waals surface area contributed by atoms with E-state index < -0.39 is 0 Å². The van der Waals surface area contributed by atoms with Crippen LogP contribution in [0.3, 0.4) is 0 Å². The largest absolute Gasteiger partial charge is 0.492 e. The maximum Gasteiger partial charge on any atom is 0.222 e. The molecule has 2 N–H and O–H groups in total. The molecule has 1 aromatic rings. The molecular formula is C18H27FN4O2. The first-order valence-electron chi connectivity index (χ1n) is 8.87. The molecule has 0 unspecified atom stereocenters. The lowest BCUT2D eigenvalue weighted by Crippen LogP contribution is -2.39. The van der Waals surface area contributed by atoms with E-state index in [1.54, 1.807) is 12.1 Å². The molecule has 0 bridgehead atoms. The van der Waals surface area contributed by atoms with Gasteiger partial charge in [-0.3, -0.25) is 9.79 Å². The predicted molar refractivity (Wildman–Crippen MR) is 96.3 cm³/mol. The van der Waals surface area contributed by atoms with E-state index in [0.29, 0.717) is 31.9 Å². The van der Waals surface area contributed by atoms with E-state index in [1.807, 2.05) is 11.8 Å². The van der Waals surface area contributed by atoms with Gasteiger partial charge in [0.05, 0.1) is 6.54 Å². The van der Waals surface area contributed by atoms with Crippen LogP contribution in [0.2, 0.25) is 0 Å². The van der Waals surface area contributed by atoms with Gasteiger partial charge in [0.15, 0.2) is 5.96 Å². The van der Waals surface area contributed by atoms with Gasteiger partial charge >= 0.3 is 0 Å². The molecule has 6 nitrogen and oxygen atoms in total. The predicted octanol–water partition coefficient (Wildman–Crippen LogP) is 1.77. The first-order valence-corrected chi connectivity index (χ1v) is 8.87. The van der Waals surface area contributed by atoms with Gasteiger partial charge < -0.3 is 20.3 Å². The number of nitrogens with one attached hydrogen (secondary N) is 2. The molecule has 25 heavy (non-hydrogen) atoms. The van der Waals surface area contributed by atoms with E-state index in [1.165, 1.54) is 12.1 Å². The highest BCUT2D eigenvalue weighted by Crippen LogP contribution is 2.11. The molecule has 0 atom stereocenters. The number of hydrogen-bond acceptors (Lipinski definition) is 3. The van der Waals surface area contributed by atoms with Crippen LogP contribution < -0.4 is 15.4 Å². The van der Waals surface area contributed by atoms with Gasteiger partial charge in [-0.1, -0.05) is 6.07 Å². The van der Waals surface area contributed by atoms with Crippen molar-refractivity contribution < 1.29 is 13.9 Å². The Hall–Kier alpha value is -2.31. The molecule has 1 aromatic carbocycles. The number of aliphatic imine (C=N–C) groups is 1. The summed E-state index contributed by atoms with van der Waals surface area (Å²) in [5.41, 5.74) is 0. The second kappa shape index (κ2) is 10.5. The number of amides is 1. The Labute approximate surface area is 148 Å². The van der Waals surface area contributed by atoms with Gasteiger partial charge in [0.2, 0.25) is 5.91 Å². The van der Waals surface area contributed by atoms with Crippen LogP contribution in [0.15, 0.2) is 29.3 Å². The van der Waals surface area contributed by atoms with E-state index in [0.717, 1.165) is 38.4 Å². The van der Waals surface area contributed by atoms with E-state index >= 15 is 0 Å². The van der Waals surface area contributed by atoms with Crippen molar-refractivity contribution in [1.82, 2.24) is 15.5 Å². The highest BCUT2D eigenvalue weighted by atomic mass is 19.1. The van der Waals surface area contributed by atoms with Crippen LogP contribution in [0.25, 0.3) is 0 Å². The fourth-order valence-corrected chi connectivity index (χ4v) is 2.63. The quantitative estimate of drug-likeness (QED) is 0.405. The summed E-state index contributed by atoms with van der Waals surface area (Å²) in [6.45, 7) is 6.04. The van der Waals surface area contributed by atoms with Crippen molar-refractivity contribution >= 4 is 11.9 Å². The summed E-state index contributed by atoms with van der Waals surface area (Å²) in [7, 11) is 0. The van der Waals surface area contributed by atoms with Crippen LogP contribution >= 0.6 is 0 Å². The van der Waals surface area contributed by atoms with Crippen molar-refractivity contribution in [3.63, 3.8) is 0 Å². The van der Waals surface area contributed by atoms with Gasteiger partial charge in [0, 0.05) is 38.7 Å². The van der Waals surface area contributed by atoms with Gasteiger partial charge in [0.25, 0.3) is 0 Å². The fourth-order valence-electron chi connectivity index (χ4n) is 2.63. The summed E-state index contributed by atoms with van der Waals surface area (Å²) in [6, 6.07) is 6.09. The molecule has 1 aliphatic heterocycles. The highest BCUT2D eigenvalue weighted by molar-refractivity contribution is 5.79. The molecule has 0 saturated carbocycles. The molecule has 1 aliphatic rings. The number of carbonyl (C=O) groups excluding carboxylic acids is 1. The second-order valence-corrected chi connectivity index (χ2v) is 5.83. The number of halogens is 1. The van der Waals surface area contributed by atoms with Gasteiger partial charge in [-0.2, -0.15) is 0 Å². The monoisotopic (exact) mass is 350 g/mol. The zero-order chi connectivity index (χ0) is 17.9. The van der Waals surface area contributed by atoms with Crippen molar-refractivity contribution in [1.29, 1.82) is 0 Å². The molecule has 1 fully saturated rings. The first-order chi connectivity index (χ1) is 12.2. The minimum absolute atomic E-state index is 0.253. The molecule has 0 aromatic heterocycles. The smallest absolute Gasteiger partial charge is 0.222 e. The normalized spacial score (nSPS) is 14.7. The number of ether oxygens (including phenoxy) is 1. The topological polar surface area (TPSA) is 66.0 Å². The first kappa shape index (κ1) is 19.0. The highest BCUT2D eigenvalue weighted by Gasteiger charge is 2.18. The maximum atomic E-state index is 13.1. The van der Waals surface area contributed by atoms with Crippen LogP contribution in [0.1, 0.15) is 26.2 Å². The van der Waals surface area contributed by atoms with Gasteiger partial charge in [-0.05, 0) is 31.9 Å². The number of guanidine groups is 1. The number of carbonyl (C=O) groups is 1. The van der Waals surface area contributed by atoms with Crippen LogP contribution in [0.4, 0.5) is 4.39 Å². The minimum atomic E-state index is -0.308. The van der Waals surface area contributed by atoms with Crippen LogP contribution in [-0.4, -0.2) is 56.1 Å². The fraction of sp³-hybridized carbons (Fsp3) is 0.556. The van der Waals surface area contributed by atoms with E-state index in [2.05, 4.69) is 15.6 Å². The average molecular weight is 350 g/mol. The molecule has 0 radical (unpaired) electrons. The van der Waals surface area contributed by atoms with Crippen molar-refractivity contribution in [2.75, 3.05) is 39.3 Å². The molecule has 2 rings (SSSR count). The number of likely N-dealkylation sites (tertiary alicyclic amines) is 1. The summed E-state index contributed by atoms with van der Waals surface area (Å²) in [5, 5.41) is 6.35. The summed E-state index contributed by atoms with van der Waals surface area (Å²) >= 11 is 0. The van der Waals surface area contributed by atoms with Crippen molar-refractivity contribution in [3.05, 3.63) is 30.1 Å². The Morgan fingerprint density at radius 1 is 1.40 bits per heavy atom. The number of rotatable bonds is 9. The molecule has 1 saturated heterocycles. The third-order valence-electron chi connectivity index (χ3n) is 3.83. The molecule has 7 heteroatoms. The molecule has 0 aliphatic carbocycles. The molecule has 138 valence electrons. The SMILES string of the molecule is CCNC(=NCCCN1CCCC1=O)NCCOc1cccc(F)c1. The average Bonchev–Trinajstić information content (AvgIpc) is 3.00. The molecular weight excluding hydrogens is 323 g/mol. The zero-order valence-electron chi connectivity index (χ0n) is 14.8. The second-order valence-electron chi connectivity index (χ2n) is 5.83. The third kappa shape index (κ3) is 6.99. The Morgan fingerprint density at radius 2 is 2.28 bits per heavy atom. The Balaban J connectivity index is 1.65. The van der Waals surface area contributed by atoms with E-state index in [-0.39, 0.29) is 11.7 Å². The Morgan fingerprint density at radius 3 is 3.00 bits per heavy atom. The lowest BCUT2D eigenvalue weighted by molar-refractivity contribution is -0.127.